The molecule has 1 atom stereocenters. The molecule has 0 spiro atoms. The molecule has 0 saturated heterocycles. The smallest absolute Gasteiger partial charge is 0.228 e. The van der Waals surface area contributed by atoms with Crippen molar-refractivity contribution in [3.8, 4) is 5.75 Å². The Labute approximate surface area is 135 Å². The summed E-state index contributed by atoms with van der Waals surface area (Å²) in [5, 5.41) is 2.99. The number of pyridine rings is 1. The SMILES string of the molecule is Cc1ncc2n1CCC(C(=O)Nc1ccncc1OC(C)C)C2. The Morgan fingerprint density at radius 2 is 2.26 bits per heavy atom. The molecule has 1 N–H and O–H groups in total. The van der Waals surface area contributed by atoms with E-state index in [0.29, 0.717) is 11.4 Å². The molecule has 0 aromatic carbocycles. The van der Waals surface area contributed by atoms with Crippen LogP contribution in [-0.4, -0.2) is 26.5 Å². The third kappa shape index (κ3) is 3.36. The number of aryl methyl sites for hydroxylation is 1. The Bertz CT molecular complexity index is 708. The van der Waals surface area contributed by atoms with Crippen LogP contribution < -0.4 is 10.1 Å². The van der Waals surface area contributed by atoms with Gasteiger partial charge in [-0.05, 0) is 33.3 Å². The summed E-state index contributed by atoms with van der Waals surface area (Å²) >= 11 is 0. The van der Waals surface area contributed by atoms with E-state index in [2.05, 4.69) is 19.9 Å². The first-order chi connectivity index (χ1) is 11.0. The number of imidazole rings is 1. The van der Waals surface area contributed by atoms with Crippen LogP contribution in [0.1, 0.15) is 31.8 Å². The summed E-state index contributed by atoms with van der Waals surface area (Å²) in [5.41, 5.74) is 1.80. The molecule has 0 aliphatic carbocycles. The summed E-state index contributed by atoms with van der Waals surface area (Å²) < 4.78 is 7.89. The number of ether oxygens (including phenoxy) is 1. The number of nitrogens with zero attached hydrogens (tertiary/aromatic N) is 3. The standard InChI is InChI=1S/C17H22N4O2/c1-11(2)23-16-10-18-6-4-15(16)20-17(22)13-5-7-21-12(3)19-9-14(21)8-13/h4,6,9-11,13H,5,7-8H2,1-3H3,(H,18,20,22). The number of anilines is 1. The lowest BCUT2D eigenvalue weighted by molar-refractivity contribution is -0.120. The summed E-state index contributed by atoms with van der Waals surface area (Å²) in [4.78, 5) is 21.0. The van der Waals surface area contributed by atoms with E-state index in [1.54, 1.807) is 18.5 Å². The van der Waals surface area contributed by atoms with Gasteiger partial charge in [0, 0.05) is 37.0 Å². The van der Waals surface area contributed by atoms with Crippen molar-refractivity contribution < 1.29 is 9.53 Å². The van der Waals surface area contributed by atoms with Crippen molar-refractivity contribution in [2.24, 2.45) is 5.92 Å². The van der Waals surface area contributed by atoms with Gasteiger partial charge >= 0.3 is 0 Å². The predicted molar refractivity (Wildman–Crippen MR) is 87.4 cm³/mol. The normalized spacial score (nSPS) is 17.0. The quantitative estimate of drug-likeness (QED) is 0.941. The first-order valence-corrected chi connectivity index (χ1v) is 7.97. The van der Waals surface area contributed by atoms with Gasteiger partial charge in [-0.2, -0.15) is 0 Å². The van der Waals surface area contributed by atoms with Gasteiger partial charge in [0.2, 0.25) is 5.91 Å². The maximum Gasteiger partial charge on any atom is 0.228 e. The number of fused-ring (bicyclic) bond motifs is 1. The van der Waals surface area contributed by atoms with E-state index in [1.165, 1.54) is 0 Å². The Hall–Kier alpha value is -2.37. The molecule has 1 amide bonds. The van der Waals surface area contributed by atoms with Gasteiger partial charge in [-0.15, -0.1) is 0 Å². The van der Waals surface area contributed by atoms with Crippen LogP contribution in [0.25, 0.3) is 0 Å². The van der Waals surface area contributed by atoms with Crippen LogP contribution in [0.15, 0.2) is 24.7 Å². The second-order valence-electron chi connectivity index (χ2n) is 6.17. The molecule has 1 aliphatic heterocycles. The number of hydrogen-bond acceptors (Lipinski definition) is 4. The van der Waals surface area contributed by atoms with Crippen molar-refractivity contribution in [1.82, 2.24) is 14.5 Å². The molecule has 0 saturated carbocycles. The van der Waals surface area contributed by atoms with Gasteiger partial charge in [-0.3, -0.25) is 9.78 Å². The van der Waals surface area contributed by atoms with Gasteiger partial charge in [0.1, 0.15) is 5.82 Å². The Kier molecular flexibility index (Phi) is 4.32. The first-order valence-electron chi connectivity index (χ1n) is 7.97. The van der Waals surface area contributed by atoms with Crippen LogP contribution in [0.2, 0.25) is 0 Å². The fourth-order valence-corrected chi connectivity index (χ4v) is 2.91. The van der Waals surface area contributed by atoms with Crippen LogP contribution in [0.3, 0.4) is 0 Å². The second-order valence-corrected chi connectivity index (χ2v) is 6.17. The molecule has 3 rings (SSSR count). The Morgan fingerprint density at radius 1 is 1.43 bits per heavy atom. The third-order valence-electron chi connectivity index (χ3n) is 4.07. The van der Waals surface area contributed by atoms with Crippen molar-refractivity contribution in [2.75, 3.05) is 5.32 Å². The molecule has 0 bridgehead atoms. The van der Waals surface area contributed by atoms with E-state index in [0.717, 1.165) is 30.9 Å². The minimum absolute atomic E-state index is 0.0231. The number of amides is 1. The van der Waals surface area contributed by atoms with E-state index in [9.17, 15) is 4.79 Å². The van der Waals surface area contributed by atoms with Crippen molar-refractivity contribution in [3.63, 3.8) is 0 Å². The predicted octanol–water partition coefficient (Wildman–Crippen LogP) is 2.57. The maximum absolute atomic E-state index is 12.6. The third-order valence-corrected chi connectivity index (χ3v) is 4.07. The summed E-state index contributed by atoms with van der Waals surface area (Å²) in [5.74, 6) is 1.60. The van der Waals surface area contributed by atoms with Gasteiger partial charge in [-0.25, -0.2) is 4.98 Å². The zero-order valence-electron chi connectivity index (χ0n) is 13.7. The van der Waals surface area contributed by atoms with Gasteiger partial charge < -0.3 is 14.6 Å². The fourth-order valence-electron chi connectivity index (χ4n) is 2.91. The highest BCUT2D eigenvalue weighted by Crippen LogP contribution is 2.27. The summed E-state index contributed by atoms with van der Waals surface area (Å²) in [7, 11) is 0. The van der Waals surface area contributed by atoms with Crippen LogP contribution in [0, 0.1) is 12.8 Å². The molecular formula is C17H22N4O2. The largest absolute Gasteiger partial charge is 0.487 e. The Balaban J connectivity index is 1.71. The molecular weight excluding hydrogens is 292 g/mol. The molecule has 0 fully saturated rings. The van der Waals surface area contributed by atoms with Crippen LogP contribution >= 0.6 is 0 Å². The van der Waals surface area contributed by atoms with E-state index < -0.39 is 0 Å². The summed E-state index contributed by atoms with van der Waals surface area (Å²) in [6, 6.07) is 1.77. The van der Waals surface area contributed by atoms with Crippen molar-refractivity contribution >= 4 is 11.6 Å². The molecule has 0 radical (unpaired) electrons. The lowest BCUT2D eigenvalue weighted by Gasteiger charge is -2.24. The minimum atomic E-state index is -0.0429. The number of hydrogen-bond donors (Lipinski definition) is 1. The zero-order valence-corrected chi connectivity index (χ0v) is 13.7. The van der Waals surface area contributed by atoms with E-state index >= 15 is 0 Å². The van der Waals surface area contributed by atoms with Gasteiger partial charge in [0.25, 0.3) is 0 Å². The molecule has 1 aliphatic rings. The average molecular weight is 314 g/mol. The van der Waals surface area contributed by atoms with Gasteiger partial charge in [-0.1, -0.05) is 0 Å². The number of rotatable bonds is 4. The second kappa shape index (κ2) is 6.40. The van der Waals surface area contributed by atoms with Crippen LogP contribution in [-0.2, 0) is 17.8 Å². The topological polar surface area (TPSA) is 69.0 Å². The number of nitrogens with one attached hydrogen (secondary N) is 1. The van der Waals surface area contributed by atoms with Crippen molar-refractivity contribution in [3.05, 3.63) is 36.2 Å². The highest BCUT2D eigenvalue weighted by atomic mass is 16.5. The van der Waals surface area contributed by atoms with Crippen LogP contribution in [0.5, 0.6) is 5.75 Å². The zero-order chi connectivity index (χ0) is 16.4. The molecule has 6 heteroatoms. The monoisotopic (exact) mass is 314 g/mol. The summed E-state index contributed by atoms with van der Waals surface area (Å²) in [6.45, 7) is 6.73. The number of carbonyl (C=O) groups excluding carboxylic acids is 1. The van der Waals surface area contributed by atoms with Gasteiger partial charge in [0.15, 0.2) is 5.75 Å². The lowest BCUT2D eigenvalue weighted by Crippen LogP contribution is -2.30. The summed E-state index contributed by atoms with van der Waals surface area (Å²) in [6.07, 6.45) is 6.73. The molecule has 2 aromatic rings. The van der Waals surface area contributed by atoms with E-state index in [-0.39, 0.29) is 17.9 Å². The van der Waals surface area contributed by atoms with Crippen LogP contribution in [0.4, 0.5) is 5.69 Å². The highest BCUT2D eigenvalue weighted by Gasteiger charge is 2.26. The molecule has 1 unspecified atom stereocenters. The fraction of sp³-hybridized carbons (Fsp3) is 0.471. The Morgan fingerprint density at radius 3 is 3.04 bits per heavy atom. The van der Waals surface area contributed by atoms with Crippen molar-refractivity contribution in [1.29, 1.82) is 0 Å². The van der Waals surface area contributed by atoms with Crippen molar-refractivity contribution in [2.45, 2.75) is 46.3 Å². The minimum Gasteiger partial charge on any atom is -0.487 e. The van der Waals surface area contributed by atoms with E-state index in [4.69, 9.17) is 4.74 Å². The van der Waals surface area contributed by atoms with E-state index in [1.807, 2.05) is 27.0 Å². The molecule has 6 nitrogen and oxygen atoms in total. The first kappa shape index (κ1) is 15.5. The lowest BCUT2D eigenvalue weighted by atomic mass is 9.95. The average Bonchev–Trinajstić information content (AvgIpc) is 2.89. The molecule has 2 aromatic heterocycles. The maximum atomic E-state index is 12.6. The molecule has 23 heavy (non-hydrogen) atoms. The molecule has 122 valence electrons. The van der Waals surface area contributed by atoms with Gasteiger partial charge in [0.05, 0.1) is 18.0 Å². The molecule has 3 heterocycles. The highest BCUT2D eigenvalue weighted by molar-refractivity contribution is 5.94. The number of aromatic nitrogens is 3. The number of carbonyl (C=O) groups is 1.